The third kappa shape index (κ3) is 25.5. The zero-order chi connectivity index (χ0) is 101. The van der Waals surface area contributed by atoms with E-state index in [0.29, 0.717) is 78.1 Å². The van der Waals surface area contributed by atoms with Crippen LogP contribution in [0.4, 0.5) is 50.3 Å². The Hall–Kier alpha value is -15.6. The molecule has 0 radical (unpaired) electrons. The predicted molar refractivity (Wildman–Crippen MR) is 534 cm³/mol. The van der Waals surface area contributed by atoms with Crippen LogP contribution < -0.4 is 74.0 Å². The summed E-state index contributed by atoms with van der Waals surface area (Å²) < 4.78 is 136. The Morgan fingerprint density at radius 1 is 0.255 bits per heavy atom. The maximum atomic E-state index is 13.3. The van der Waals surface area contributed by atoms with E-state index in [1.807, 2.05) is 122 Å². The van der Waals surface area contributed by atoms with Gasteiger partial charge in [-0.05, 0) is 295 Å². The number of nitrogens with one attached hydrogen (secondary N) is 5. The Kier molecular flexibility index (Phi) is 32.2. The highest BCUT2D eigenvalue weighted by Gasteiger charge is 2.38. The van der Waals surface area contributed by atoms with Crippen LogP contribution in [-0.4, -0.2) is 90.8 Å². The number of fused-ring (bicyclic) bond motifs is 3. The van der Waals surface area contributed by atoms with E-state index in [2.05, 4.69) is 65.6 Å². The molecule has 25 nitrogen and oxygen atoms in total. The maximum Gasteiger partial charge on any atom is 0.419 e. The van der Waals surface area contributed by atoms with Crippen molar-refractivity contribution in [3.05, 3.63) is 328 Å². The fourth-order valence-corrected chi connectivity index (χ4v) is 17.7. The molecule has 0 aromatic heterocycles. The van der Waals surface area contributed by atoms with E-state index < -0.39 is 45.8 Å². The van der Waals surface area contributed by atoms with Crippen LogP contribution in [0, 0.1) is 34.6 Å². The van der Waals surface area contributed by atoms with E-state index in [4.69, 9.17) is 47.4 Å². The third-order valence-electron chi connectivity index (χ3n) is 21.0. The van der Waals surface area contributed by atoms with Crippen molar-refractivity contribution in [3.8, 4) is 86.2 Å². The number of hydrogen-bond acceptors (Lipinski definition) is 25. The molecule has 0 aliphatic carbocycles. The van der Waals surface area contributed by atoms with Crippen LogP contribution in [0.1, 0.15) is 73.7 Å². The van der Waals surface area contributed by atoms with Gasteiger partial charge in [-0.15, -0.1) is 0 Å². The first-order chi connectivity index (χ1) is 67.5. The molecule has 36 heteroatoms. The third-order valence-corrected chi connectivity index (χ3v) is 25.1. The molecular weight excluding hydrogens is 1930 g/mol. The number of alkyl halides is 6. The predicted octanol–water partition coefficient (Wildman–Crippen LogP) is 26.5. The van der Waals surface area contributed by atoms with E-state index in [1.165, 1.54) is 91.6 Å². The van der Waals surface area contributed by atoms with Gasteiger partial charge in [-0.3, -0.25) is 74.5 Å². The summed E-state index contributed by atoms with van der Waals surface area (Å²) in [5.41, 5.74) is 5.95. The lowest BCUT2D eigenvalue weighted by Crippen LogP contribution is -2.17. The van der Waals surface area contributed by atoms with Gasteiger partial charge < -0.3 is 47.4 Å². The number of thioether (sulfide) groups is 5. The van der Waals surface area contributed by atoms with Crippen LogP contribution in [0.5, 0.6) is 86.2 Å². The average molecular weight is 2010 g/mol. The molecule has 718 valence electrons. The quantitative estimate of drug-likeness (QED) is 0.0330. The topological polar surface area (TPSA) is 323 Å². The lowest BCUT2D eigenvalue weighted by molar-refractivity contribution is -0.139. The first kappa shape index (κ1) is 101. The molecule has 13 aromatic rings. The number of ether oxygens (including phenoxy) is 10. The van der Waals surface area contributed by atoms with Gasteiger partial charge in [0.15, 0.2) is 57.5 Å². The van der Waals surface area contributed by atoms with Crippen molar-refractivity contribution < 1.29 is 122 Å². The minimum atomic E-state index is -4.57. The summed E-state index contributed by atoms with van der Waals surface area (Å²) in [7, 11) is 5.82. The lowest BCUT2D eigenvalue weighted by atomic mass is 10.0. The van der Waals surface area contributed by atoms with Gasteiger partial charge in [-0.2, -0.15) is 26.3 Å². The molecular formula is C105H81F6N5O20S5. The van der Waals surface area contributed by atoms with Crippen molar-refractivity contribution in [3.63, 3.8) is 0 Å². The van der Waals surface area contributed by atoms with Gasteiger partial charge in [0.25, 0.3) is 55.7 Å². The van der Waals surface area contributed by atoms with Gasteiger partial charge in [0, 0.05) is 16.2 Å². The van der Waals surface area contributed by atoms with Gasteiger partial charge >= 0.3 is 12.4 Å². The second-order valence-electron chi connectivity index (χ2n) is 30.8. The Morgan fingerprint density at radius 2 is 0.468 bits per heavy atom. The Balaban J connectivity index is 0.000000140. The first-order valence-electron chi connectivity index (χ1n) is 42.4. The van der Waals surface area contributed by atoms with Crippen molar-refractivity contribution in [2.75, 3.05) is 35.0 Å². The van der Waals surface area contributed by atoms with Crippen LogP contribution >= 0.6 is 58.8 Å². The normalized spacial score (nSPS) is 15.3. The number of imide groups is 5. The highest BCUT2D eigenvalue weighted by molar-refractivity contribution is 8.19. The number of amides is 10. The van der Waals surface area contributed by atoms with Crippen LogP contribution in [-0.2, 0) is 36.3 Å². The summed E-state index contributed by atoms with van der Waals surface area (Å²) in [6, 6.07) is 68.9. The number of halogens is 6. The molecule has 5 N–H and O–H groups in total. The molecule has 10 amide bonds. The number of methoxy groups -OCH3 is 4. The molecule has 0 saturated carbocycles. The molecule has 13 aromatic carbocycles. The minimum absolute atomic E-state index is 0.0820. The number of hydrogen-bond donors (Lipinski definition) is 5. The monoisotopic (exact) mass is 2010 g/mol. The molecule has 0 unspecified atom stereocenters. The number of carbonyl (C=O) groups excluding carboxylic acids is 10. The molecule has 141 heavy (non-hydrogen) atoms. The fourth-order valence-electron chi connectivity index (χ4n) is 14.3. The summed E-state index contributed by atoms with van der Waals surface area (Å²) >= 11 is 4.17. The van der Waals surface area contributed by atoms with E-state index in [1.54, 1.807) is 88.8 Å². The summed E-state index contributed by atoms with van der Waals surface area (Å²) in [6.07, 6.45) is -1.22. The van der Waals surface area contributed by atoms with Crippen molar-refractivity contribution >= 4 is 177 Å². The van der Waals surface area contributed by atoms with E-state index >= 15 is 0 Å². The molecule has 0 bridgehead atoms. The Labute approximate surface area is 823 Å². The molecule has 5 aliphatic heterocycles. The number of carbonyl (C=O) groups is 10. The number of aryl methyl sites for hydroxylation is 5. The summed E-state index contributed by atoms with van der Waals surface area (Å²) in [5, 5.41) is 15.5. The highest BCUT2D eigenvalue weighted by atomic mass is 32.2. The van der Waals surface area contributed by atoms with E-state index in [-0.39, 0.29) is 77.7 Å². The van der Waals surface area contributed by atoms with Crippen LogP contribution in [0.2, 0.25) is 0 Å². The average Bonchev–Trinajstić information content (AvgIpc) is 1.36. The second kappa shape index (κ2) is 44.9. The molecule has 18 rings (SSSR count). The standard InChI is InChI=1S/C23H19NO4S.2C22H17NO4S.2C19H14F3NO4S/c1-3-27-20-12-15(13-21-22(25)24-23(26)29-21)9-11-19(20)28-18-10-8-14(2)16-6-4-5-7-17(16)18;2*1-13-7-9-17(16-6-4-3-5-15(13)16)27-18-10-8-14(11-19(18)26-2)12-20-21(24)23-22(25)28-20;2*1-10-3-5-13(12(7-10)19(20,21)22)27-14-6-4-11(8-15(14)26-2)9-16-17(24)23-18(25)28-16/h4-13H,3H2,1-2H3,(H,24,25,26);2*3-12H,1-2H3,(H,23,24,25);2*3-9H,1-2H3,(H,23,24,25)/b21-13-;2*20-12-;2*16-9-. The lowest BCUT2D eigenvalue weighted by Gasteiger charge is -2.16. The molecule has 5 fully saturated rings. The van der Waals surface area contributed by atoms with Gasteiger partial charge in [0.1, 0.15) is 28.7 Å². The summed E-state index contributed by atoms with van der Waals surface area (Å²) in [5.74, 6) is 3.23. The van der Waals surface area contributed by atoms with Gasteiger partial charge in [-0.25, -0.2) is 0 Å². The largest absolute Gasteiger partial charge is 0.493 e. The molecule has 0 spiro atoms. The molecule has 0 atom stereocenters. The second-order valence-corrected chi connectivity index (χ2v) is 35.9. The van der Waals surface area contributed by atoms with E-state index in [9.17, 15) is 74.3 Å². The SMILES string of the molecule is CCOc1cc(/C=C2\SC(=O)NC2=O)ccc1Oc1ccc(C)c2ccccc12.COc1cc(/C=C2\SC(=O)NC2=O)ccc1Oc1ccc(C)c2ccccc12.COc1cc(/C=C2\SC(=O)NC2=O)ccc1Oc1ccc(C)c2ccccc12.COc1cc(/C=C2\SC(=O)NC2=O)ccc1Oc1ccc(C)cc1C(F)(F)F.COc1cc(/C=C2\SC(=O)NC2=O)ccc1Oc1ccc(C)cc1C(F)(F)F. The Morgan fingerprint density at radius 3 is 0.688 bits per heavy atom. The van der Waals surface area contributed by atoms with Crippen LogP contribution in [0.25, 0.3) is 62.7 Å². The first-order valence-corrected chi connectivity index (χ1v) is 46.5. The fraction of sp³-hybridized carbons (Fsp3) is 0.124. The van der Waals surface area contributed by atoms with Crippen molar-refractivity contribution in [1.29, 1.82) is 0 Å². The number of benzene rings is 13. The zero-order valence-electron chi connectivity index (χ0n) is 76.1. The zero-order valence-corrected chi connectivity index (χ0v) is 80.2. The van der Waals surface area contributed by atoms with Gasteiger partial charge in [0.05, 0.1) is 70.7 Å². The van der Waals surface area contributed by atoms with E-state index in [0.717, 1.165) is 137 Å². The minimum Gasteiger partial charge on any atom is -0.493 e. The van der Waals surface area contributed by atoms with Crippen molar-refractivity contribution in [2.45, 2.75) is 53.9 Å². The number of rotatable bonds is 21. The van der Waals surface area contributed by atoms with Crippen LogP contribution in [0.15, 0.2) is 261 Å². The van der Waals surface area contributed by atoms with Crippen molar-refractivity contribution in [2.24, 2.45) is 0 Å². The van der Waals surface area contributed by atoms with Gasteiger partial charge in [0.2, 0.25) is 0 Å². The molecule has 5 heterocycles. The van der Waals surface area contributed by atoms with Crippen molar-refractivity contribution in [1.82, 2.24) is 26.6 Å². The summed E-state index contributed by atoms with van der Waals surface area (Å²) in [6.45, 7) is 11.7. The smallest absolute Gasteiger partial charge is 0.419 e. The molecule has 5 aliphatic rings. The van der Waals surface area contributed by atoms with Gasteiger partial charge in [-0.1, -0.05) is 145 Å². The van der Waals surface area contributed by atoms with Crippen LogP contribution in [0.3, 0.4) is 0 Å². The Bertz CT molecular complexity index is 7070. The maximum absolute atomic E-state index is 13.3. The summed E-state index contributed by atoms with van der Waals surface area (Å²) in [4.78, 5) is 116. The highest BCUT2D eigenvalue weighted by Crippen LogP contribution is 2.47. The molecule has 5 saturated heterocycles.